The van der Waals surface area contributed by atoms with Gasteiger partial charge in [0.05, 0.1) is 18.5 Å². The van der Waals surface area contributed by atoms with E-state index in [1.54, 1.807) is 13.2 Å². The Kier molecular flexibility index (Phi) is 4.84. The summed E-state index contributed by atoms with van der Waals surface area (Å²) in [6.07, 6.45) is 0.264. The van der Waals surface area contributed by atoms with Crippen molar-refractivity contribution in [2.45, 2.75) is 18.9 Å². The molecule has 2 saturated heterocycles. The number of nitrogens with zero attached hydrogens (tertiary/aromatic N) is 1. The summed E-state index contributed by atoms with van der Waals surface area (Å²) in [5, 5.41) is 8.43. The molecule has 2 heterocycles. The van der Waals surface area contributed by atoms with E-state index in [0.717, 1.165) is 26.2 Å². The Balaban J connectivity index is 1.81. The molecule has 3 N–H and O–H groups in total. The van der Waals surface area contributed by atoms with Gasteiger partial charge in [0.15, 0.2) is 0 Å². The Morgan fingerprint density at radius 1 is 1.21 bits per heavy atom. The molecule has 2 fully saturated rings. The number of carbonyl (C=O) groups is 2. The third-order valence-electron chi connectivity index (χ3n) is 4.23. The van der Waals surface area contributed by atoms with Crippen LogP contribution in [0.3, 0.4) is 0 Å². The fourth-order valence-corrected chi connectivity index (χ4v) is 3.07. The quantitative estimate of drug-likeness (QED) is 0.693. The summed E-state index contributed by atoms with van der Waals surface area (Å²) in [4.78, 5) is 24.9. The van der Waals surface area contributed by atoms with E-state index in [9.17, 15) is 14.0 Å². The smallest absolute Gasteiger partial charge is 0.228 e. The summed E-state index contributed by atoms with van der Waals surface area (Å²) >= 11 is 0. The molecule has 2 aliphatic heterocycles. The van der Waals surface area contributed by atoms with Gasteiger partial charge in [0.25, 0.3) is 0 Å². The van der Waals surface area contributed by atoms with Gasteiger partial charge in [0.2, 0.25) is 11.8 Å². The molecule has 2 amide bonds. The molecule has 0 aromatic heterocycles. The molecule has 0 spiro atoms. The van der Waals surface area contributed by atoms with Gasteiger partial charge in [-0.05, 0) is 0 Å². The first-order chi connectivity index (χ1) is 11.6. The molecule has 2 aliphatic rings. The maximum Gasteiger partial charge on any atom is 0.228 e. The molecular formula is C16H21FN4O3. The number of ether oxygens (including phenoxy) is 1. The predicted octanol–water partition coefficient (Wildman–Crippen LogP) is 0.461. The van der Waals surface area contributed by atoms with E-state index >= 15 is 0 Å². The van der Waals surface area contributed by atoms with Gasteiger partial charge in [-0.2, -0.15) is 0 Å². The van der Waals surface area contributed by atoms with Crippen LogP contribution in [0.1, 0.15) is 12.8 Å². The van der Waals surface area contributed by atoms with E-state index in [2.05, 4.69) is 20.9 Å². The van der Waals surface area contributed by atoms with Crippen LogP contribution in [0.2, 0.25) is 0 Å². The second-order valence-electron chi connectivity index (χ2n) is 5.96. The van der Waals surface area contributed by atoms with Crippen LogP contribution >= 0.6 is 0 Å². The van der Waals surface area contributed by atoms with Crippen LogP contribution in [0, 0.1) is 5.82 Å². The minimum Gasteiger partial charge on any atom is -0.495 e. The van der Waals surface area contributed by atoms with Gasteiger partial charge >= 0.3 is 0 Å². The van der Waals surface area contributed by atoms with Crippen LogP contribution in [0.15, 0.2) is 12.1 Å². The second kappa shape index (κ2) is 7.04. The summed E-state index contributed by atoms with van der Waals surface area (Å²) in [5.41, 5.74) is 0.942. The van der Waals surface area contributed by atoms with Gasteiger partial charge in [-0.3, -0.25) is 14.9 Å². The highest BCUT2D eigenvalue weighted by molar-refractivity contribution is 5.98. The monoisotopic (exact) mass is 336 g/mol. The molecule has 0 unspecified atom stereocenters. The standard InChI is InChI=1S/C16H21FN4O3/c1-24-14-9-12(19-10-6-15(22)20-16(23)7-10)11(17)8-13(14)21-4-2-18-3-5-21/h8-10,18-19H,2-7H2,1H3,(H,20,22,23). The Morgan fingerprint density at radius 3 is 2.50 bits per heavy atom. The molecule has 24 heavy (non-hydrogen) atoms. The molecule has 1 aromatic rings. The van der Waals surface area contributed by atoms with Crippen molar-refractivity contribution in [1.82, 2.24) is 10.6 Å². The van der Waals surface area contributed by atoms with Crippen molar-refractivity contribution in [3.63, 3.8) is 0 Å². The zero-order valence-electron chi connectivity index (χ0n) is 13.5. The van der Waals surface area contributed by atoms with Crippen LogP contribution in [-0.2, 0) is 9.59 Å². The average molecular weight is 336 g/mol. The van der Waals surface area contributed by atoms with Gasteiger partial charge < -0.3 is 20.3 Å². The zero-order valence-corrected chi connectivity index (χ0v) is 13.5. The molecule has 0 atom stereocenters. The minimum absolute atomic E-state index is 0.132. The van der Waals surface area contributed by atoms with Crippen molar-refractivity contribution >= 4 is 23.2 Å². The van der Waals surface area contributed by atoms with Crippen molar-refractivity contribution in [2.75, 3.05) is 43.5 Å². The molecule has 0 aliphatic carbocycles. The maximum absolute atomic E-state index is 14.5. The van der Waals surface area contributed by atoms with Crippen molar-refractivity contribution in [3.8, 4) is 5.75 Å². The highest BCUT2D eigenvalue weighted by atomic mass is 19.1. The highest BCUT2D eigenvalue weighted by Crippen LogP contribution is 2.34. The lowest BCUT2D eigenvalue weighted by Gasteiger charge is -2.31. The van der Waals surface area contributed by atoms with Crippen LogP contribution in [0.25, 0.3) is 0 Å². The van der Waals surface area contributed by atoms with E-state index < -0.39 is 11.9 Å². The number of halogens is 1. The van der Waals surface area contributed by atoms with Crippen molar-refractivity contribution in [1.29, 1.82) is 0 Å². The summed E-state index contributed by atoms with van der Waals surface area (Å²) in [6, 6.07) is 2.61. The Labute approximate surface area is 139 Å². The number of hydrogen-bond donors (Lipinski definition) is 3. The van der Waals surface area contributed by atoms with Gasteiger partial charge in [-0.25, -0.2) is 4.39 Å². The van der Waals surface area contributed by atoms with Crippen LogP contribution in [0.5, 0.6) is 5.75 Å². The van der Waals surface area contributed by atoms with Crippen molar-refractivity contribution < 1.29 is 18.7 Å². The molecule has 0 bridgehead atoms. The number of carbonyl (C=O) groups excluding carboxylic acids is 2. The van der Waals surface area contributed by atoms with E-state index in [0.29, 0.717) is 11.4 Å². The fourth-order valence-electron chi connectivity index (χ4n) is 3.07. The topological polar surface area (TPSA) is 82.7 Å². The Bertz CT molecular complexity index is 630. The molecule has 3 rings (SSSR count). The lowest BCUT2D eigenvalue weighted by atomic mass is 10.0. The number of hydrogen-bond acceptors (Lipinski definition) is 6. The molecule has 1 aromatic carbocycles. The third-order valence-corrected chi connectivity index (χ3v) is 4.23. The SMILES string of the molecule is COc1cc(NC2CC(=O)NC(=O)C2)c(F)cc1N1CCNCC1. The number of amides is 2. The molecule has 0 radical (unpaired) electrons. The first-order valence-corrected chi connectivity index (χ1v) is 7.99. The van der Waals surface area contributed by atoms with Gasteiger partial charge in [-0.1, -0.05) is 0 Å². The number of nitrogens with one attached hydrogen (secondary N) is 3. The Morgan fingerprint density at radius 2 is 1.88 bits per heavy atom. The first-order valence-electron chi connectivity index (χ1n) is 7.99. The number of rotatable bonds is 4. The number of piperazine rings is 1. The zero-order chi connectivity index (χ0) is 17.1. The number of anilines is 2. The Hall–Kier alpha value is -2.35. The van der Waals surface area contributed by atoms with Crippen molar-refractivity contribution in [2.24, 2.45) is 0 Å². The van der Waals surface area contributed by atoms with E-state index in [4.69, 9.17) is 4.74 Å². The highest BCUT2D eigenvalue weighted by Gasteiger charge is 2.26. The van der Waals surface area contributed by atoms with E-state index in [-0.39, 0.29) is 30.3 Å². The van der Waals surface area contributed by atoms with Crippen LogP contribution < -0.4 is 25.6 Å². The van der Waals surface area contributed by atoms with Crippen LogP contribution in [-0.4, -0.2) is 51.1 Å². The fraction of sp³-hybridized carbons (Fsp3) is 0.500. The summed E-state index contributed by atoms with van der Waals surface area (Å²) in [6.45, 7) is 3.23. The van der Waals surface area contributed by atoms with Gasteiger partial charge in [0, 0.05) is 57.2 Å². The summed E-state index contributed by atoms with van der Waals surface area (Å²) in [5.74, 6) is -0.572. The van der Waals surface area contributed by atoms with E-state index in [1.165, 1.54) is 6.07 Å². The molecule has 130 valence electrons. The number of methoxy groups -OCH3 is 1. The molecule has 0 saturated carbocycles. The number of benzene rings is 1. The number of piperidine rings is 1. The predicted molar refractivity (Wildman–Crippen MR) is 87.8 cm³/mol. The molecule has 7 nitrogen and oxygen atoms in total. The lowest BCUT2D eigenvalue weighted by Crippen LogP contribution is -2.44. The van der Waals surface area contributed by atoms with Crippen LogP contribution in [0.4, 0.5) is 15.8 Å². The molecular weight excluding hydrogens is 315 g/mol. The number of imide groups is 1. The second-order valence-corrected chi connectivity index (χ2v) is 5.96. The third kappa shape index (κ3) is 3.59. The van der Waals surface area contributed by atoms with Gasteiger partial charge in [-0.15, -0.1) is 0 Å². The lowest BCUT2D eigenvalue weighted by molar-refractivity contribution is -0.133. The molecule has 8 heteroatoms. The average Bonchev–Trinajstić information content (AvgIpc) is 2.56. The minimum atomic E-state index is -0.428. The normalized spacial score (nSPS) is 19.2. The van der Waals surface area contributed by atoms with Crippen molar-refractivity contribution in [3.05, 3.63) is 17.9 Å². The maximum atomic E-state index is 14.5. The summed E-state index contributed by atoms with van der Waals surface area (Å²) < 4.78 is 19.9. The first kappa shape index (κ1) is 16.5. The van der Waals surface area contributed by atoms with E-state index in [1.807, 2.05) is 0 Å². The largest absolute Gasteiger partial charge is 0.495 e. The van der Waals surface area contributed by atoms with Gasteiger partial charge in [0.1, 0.15) is 11.6 Å². The summed E-state index contributed by atoms with van der Waals surface area (Å²) in [7, 11) is 1.54.